The normalized spacial score (nSPS) is 24.0. The number of nitrogens with zero attached hydrogens (tertiary/aromatic N) is 1. The van der Waals surface area contributed by atoms with Gasteiger partial charge in [-0.3, -0.25) is 24.0 Å². The van der Waals surface area contributed by atoms with Gasteiger partial charge in [-0.1, -0.05) is 82.0 Å². The van der Waals surface area contributed by atoms with Gasteiger partial charge < -0.3 is 30.3 Å². The van der Waals surface area contributed by atoms with Crippen LogP contribution in [0.5, 0.6) is 0 Å². The second-order valence-corrected chi connectivity index (χ2v) is 16.2. The topological polar surface area (TPSA) is 160 Å². The lowest BCUT2D eigenvalue weighted by Gasteiger charge is -2.37. The number of fused-ring (bicyclic) bond motifs is 1. The zero-order valence-electron chi connectivity index (χ0n) is 30.6. The number of carbonyl (C=O) groups excluding carboxylic acids is 6. The van der Waals surface area contributed by atoms with E-state index in [1.807, 2.05) is 24.3 Å². The first-order valence-electron chi connectivity index (χ1n) is 18.5. The SMILES string of the molecule is CC(C)(C)OC(=O)N[C@H](C(=O)N1CC2C(C1C(=O)NC(/C=C/C1CCC1)C(=O)C(=O)NCC(=O)OCc1ccccc1)C2(C)C)C1CCCCC1. The molecule has 12 nitrogen and oxygen atoms in total. The Morgan fingerprint density at radius 3 is 2.25 bits per heavy atom. The van der Waals surface area contributed by atoms with E-state index in [1.54, 1.807) is 43.9 Å². The number of rotatable bonds is 13. The average Bonchev–Trinajstić information content (AvgIpc) is 3.37. The molecular formula is C39H54N4O8. The highest BCUT2D eigenvalue weighted by Gasteiger charge is 2.69. The second kappa shape index (κ2) is 16.0. The van der Waals surface area contributed by atoms with E-state index in [0.29, 0.717) is 6.54 Å². The molecule has 4 fully saturated rings. The Hall–Kier alpha value is -4.22. The fourth-order valence-corrected chi connectivity index (χ4v) is 7.79. The first-order valence-corrected chi connectivity index (χ1v) is 18.5. The molecule has 0 radical (unpaired) electrons. The van der Waals surface area contributed by atoms with E-state index in [4.69, 9.17) is 9.47 Å². The summed E-state index contributed by atoms with van der Waals surface area (Å²) in [4.78, 5) is 82.1. The van der Waals surface area contributed by atoms with Crippen LogP contribution in [-0.2, 0) is 40.1 Å². The summed E-state index contributed by atoms with van der Waals surface area (Å²) < 4.78 is 10.7. The van der Waals surface area contributed by atoms with Crippen molar-refractivity contribution in [3.63, 3.8) is 0 Å². The fourth-order valence-electron chi connectivity index (χ4n) is 7.79. The van der Waals surface area contributed by atoms with Gasteiger partial charge in [0.1, 0.15) is 36.9 Å². The van der Waals surface area contributed by atoms with Gasteiger partial charge in [0.15, 0.2) is 0 Å². The number of benzene rings is 1. The van der Waals surface area contributed by atoms with Gasteiger partial charge in [-0.15, -0.1) is 0 Å². The van der Waals surface area contributed by atoms with E-state index in [1.165, 1.54) is 0 Å². The molecule has 1 aromatic rings. The van der Waals surface area contributed by atoms with Crippen molar-refractivity contribution in [1.29, 1.82) is 0 Å². The third-order valence-electron chi connectivity index (χ3n) is 11.0. The molecule has 4 unspecified atom stereocenters. The van der Waals surface area contributed by atoms with Crippen LogP contribution < -0.4 is 16.0 Å². The number of esters is 1. The number of ketones is 1. The maximum atomic E-state index is 14.4. The fraction of sp³-hybridized carbons (Fsp3) is 0.641. The lowest BCUT2D eigenvalue weighted by atomic mass is 9.83. The van der Waals surface area contributed by atoms with Crippen molar-refractivity contribution in [2.75, 3.05) is 13.1 Å². The van der Waals surface area contributed by atoms with Crippen molar-refractivity contribution in [2.24, 2.45) is 29.1 Å². The quantitative estimate of drug-likeness (QED) is 0.156. The number of Topliss-reactive ketones (excluding diaryl/α,β-unsaturated/α-hetero) is 1. The minimum Gasteiger partial charge on any atom is -0.460 e. The van der Waals surface area contributed by atoms with Crippen LogP contribution in [0.4, 0.5) is 4.79 Å². The van der Waals surface area contributed by atoms with Gasteiger partial charge in [0.2, 0.25) is 17.6 Å². The minimum absolute atomic E-state index is 0.0241. The summed E-state index contributed by atoms with van der Waals surface area (Å²) in [5, 5.41) is 7.98. The molecule has 4 amide bonds. The van der Waals surface area contributed by atoms with Crippen LogP contribution in [0.1, 0.15) is 91.5 Å². The number of hydrogen-bond acceptors (Lipinski definition) is 8. The molecule has 1 saturated heterocycles. The maximum Gasteiger partial charge on any atom is 0.408 e. The number of ether oxygens (including phenoxy) is 2. The molecule has 12 heteroatoms. The zero-order valence-corrected chi connectivity index (χ0v) is 30.6. The molecule has 3 N–H and O–H groups in total. The van der Waals surface area contributed by atoms with Crippen LogP contribution in [0.15, 0.2) is 42.5 Å². The number of hydrogen-bond donors (Lipinski definition) is 3. The van der Waals surface area contributed by atoms with E-state index in [0.717, 1.165) is 56.9 Å². The number of likely N-dealkylation sites (tertiary alicyclic amines) is 1. The van der Waals surface area contributed by atoms with Gasteiger partial charge >= 0.3 is 12.1 Å². The molecule has 3 saturated carbocycles. The van der Waals surface area contributed by atoms with Crippen LogP contribution in [0.2, 0.25) is 0 Å². The van der Waals surface area contributed by atoms with Crippen LogP contribution >= 0.6 is 0 Å². The Morgan fingerprint density at radius 1 is 0.941 bits per heavy atom. The number of carbonyl (C=O) groups is 6. The molecule has 4 aliphatic rings. The molecule has 1 aliphatic heterocycles. The highest BCUT2D eigenvalue weighted by Crippen LogP contribution is 2.65. The lowest BCUT2D eigenvalue weighted by Crippen LogP contribution is -2.59. The Labute approximate surface area is 300 Å². The molecule has 1 aromatic carbocycles. The molecular weight excluding hydrogens is 652 g/mol. The van der Waals surface area contributed by atoms with Crippen molar-refractivity contribution >= 4 is 35.6 Å². The molecule has 1 heterocycles. The van der Waals surface area contributed by atoms with Crippen molar-refractivity contribution in [3.05, 3.63) is 48.0 Å². The number of amides is 4. The van der Waals surface area contributed by atoms with Crippen molar-refractivity contribution in [2.45, 2.75) is 116 Å². The molecule has 51 heavy (non-hydrogen) atoms. The van der Waals surface area contributed by atoms with Crippen LogP contribution in [0.25, 0.3) is 0 Å². The summed E-state index contributed by atoms with van der Waals surface area (Å²) in [6.45, 7) is 9.25. The summed E-state index contributed by atoms with van der Waals surface area (Å²) >= 11 is 0. The Morgan fingerprint density at radius 2 is 1.63 bits per heavy atom. The molecule has 278 valence electrons. The monoisotopic (exact) mass is 706 g/mol. The first-order chi connectivity index (χ1) is 24.2. The van der Waals surface area contributed by atoms with Crippen LogP contribution in [0.3, 0.4) is 0 Å². The second-order valence-electron chi connectivity index (χ2n) is 16.2. The average molecular weight is 707 g/mol. The summed E-state index contributed by atoms with van der Waals surface area (Å²) in [6, 6.07) is 6.02. The molecule has 5 atom stereocenters. The predicted molar refractivity (Wildman–Crippen MR) is 189 cm³/mol. The molecule has 0 spiro atoms. The van der Waals surface area contributed by atoms with E-state index < -0.39 is 59.9 Å². The molecule has 3 aliphatic carbocycles. The standard InChI is InChI=1S/C39H54N4O8/c1-38(2,3)51-37(49)42-31(26-17-10-7-11-18-26)36(48)43-22-27-30(39(27,4)5)32(43)34(46)41-28(20-19-24-15-12-16-24)33(45)35(47)40-21-29(44)50-23-25-13-8-6-9-14-25/h6,8-9,13-14,19-20,24,26-28,30-32H,7,10-12,15-18,21-23H2,1-5H3,(H,40,47)(H,41,46)(H,42,49)/b20-19+/t27?,28?,30?,31-,32?/m0/s1. The largest absolute Gasteiger partial charge is 0.460 e. The number of allylic oxidation sites excluding steroid dienone is 1. The summed E-state index contributed by atoms with van der Waals surface area (Å²) in [5.74, 6) is -3.49. The van der Waals surface area contributed by atoms with Gasteiger partial charge in [0.05, 0.1) is 0 Å². The number of alkyl carbamates (subject to hydrolysis) is 1. The van der Waals surface area contributed by atoms with Crippen molar-refractivity contribution < 1.29 is 38.2 Å². The third kappa shape index (κ3) is 9.56. The summed E-state index contributed by atoms with van der Waals surface area (Å²) in [6.07, 6.45) is 10.1. The Bertz CT molecular complexity index is 1490. The lowest BCUT2D eigenvalue weighted by molar-refractivity contribution is -0.146. The predicted octanol–water partition coefficient (Wildman–Crippen LogP) is 4.21. The number of nitrogens with one attached hydrogen (secondary N) is 3. The molecule has 5 rings (SSSR count). The molecule has 0 bridgehead atoms. The number of piperidine rings is 1. The minimum atomic E-state index is -1.30. The maximum absolute atomic E-state index is 14.4. The van der Waals surface area contributed by atoms with Gasteiger partial charge in [-0.05, 0) is 81.1 Å². The molecule has 0 aromatic heterocycles. The van der Waals surface area contributed by atoms with E-state index >= 15 is 0 Å². The van der Waals surface area contributed by atoms with Crippen LogP contribution in [-0.4, -0.2) is 77.3 Å². The smallest absolute Gasteiger partial charge is 0.408 e. The van der Waals surface area contributed by atoms with Crippen molar-refractivity contribution in [3.8, 4) is 0 Å². The third-order valence-corrected chi connectivity index (χ3v) is 11.0. The summed E-state index contributed by atoms with van der Waals surface area (Å²) in [7, 11) is 0. The van der Waals surface area contributed by atoms with Gasteiger partial charge in [0.25, 0.3) is 5.91 Å². The first kappa shape index (κ1) is 38.0. The Kier molecular flexibility index (Phi) is 11.9. The van der Waals surface area contributed by atoms with Gasteiger partial charge in [-0.25, -0.2) is 4.79 Å². The van der Waals surface area contributed by atoms with Gasteiger partial charge in [0, 0.05) is 6.54 Å². The van der Waals surface area contributed by atoms with E-state index in [9.17, 15) is 28.8 Å². The Balaban J connectivity index is 1.29. The zero-order chi connectivity index (χ0) is 36.9. The summed E-state index contributed by atoms with van der Waals surface area (Å²) in [5.41, 5.74) is -0.186. The van der Waals surface area contributed by atoms with Gasteiger partial charge in [-0.2, -0.15) is 0 Å². The van der Waals surface area contributed by atoms with E-state index in [2.05, 4.69) is 29.8 Å². The highest BCUT2D eigenvalue weighted by atomic mass is 16.6. The van der Waals surface area contributed by atoms with Crippen LogP contribution in [0, 0.1) is 29.1 Å². The highest BCUT2D eigenvalue weighted by molar-refractivity contribution is 6.39. The van der Waals surface area contributed by atoms with E-state index in [-0.39, 0.29) is 41.6 Å². The van der Waals surface area contributed by atoms with Crippen molar-refractivity contribution in [1.82, 2.24) is 20.9 Å².